The largest absolute Gasteiger partial charge is 0.377 e. The van der Waals surface area contributed by atoms with Crippen LogP contribution in [-0.2, 0) is 0 Å². The summed E-state index contributed by atoms with van der Waals surface area (Å²) >= 11 is 0. The van der Waals surface area contributed by atoms with Gasteiger partial charge in [-0.3, -0.25) is 0 Å². The zero-order valence-corrected chi connectivity index (χ0v) is 9.69. The van der Waals surface area contributed by atoms with E-state index in [1.165, 1.54) is 22.4 Å². The van der Waals surface area contributed by atoms with E-state index in [1.54, 1.807) is 0 Å². The van der Waals surface area contributed by atoms with Gasteiger partial charge in [0.05, 0.1) is 6.04 Å². The number of hydrogen-bond donors (Lipinski definition) is 2. The van der Waals surface area contributed by atoms with E-state index < -0.39 is 0 Å². The fourth-order valence-corrected chi connectivity index (χ4v) is 2.45. The van der Waals surface area contributed by atoms with Gasteiger partial charge in [0.25, 0.3) is 0 Å². The van der Waals surface area contributed by atoms with Crippen molar-refractivity contribution in [2.45, 2.75) is 12.5 Å². The molecule has 0 aromatic heterocycles. The zero-order valence-electron chi connectivity index (χ0n) is 9.69. The lowest BCUT2D eigenvalue weighted by atomic mass is 9.99. The quantitative estimate of drug-likeness (QED) is 0.769. The second-order valence-corrected chi connectivity index (χ2v) is 4.44. The van der Waals surface area contributed by atoms with Crippen LogP contribution in [0.1, 0.15) is 23.6 Å². The molecule has 0 radical (unpaired) electrons. The number of rotatable bonds is 1. The van der Waals surface area contributed by atoms with Crippen LogP contribution in [0, 0.1) is 0 Å². The van der Waals surface area contributed by atoms with Gasteiger partial charge in [-0.25, -0.2) is 0 Å². The SMILES string of the molecule is NCC1NC2=CC=CCC2=Cc2ccccc21. The van der Waals surface area contributed by atoms with Crippen LogP contribution in [0.4, 0.5) is 0 Å². The Morgan fingerprint density at radius 1 is 1.29 bits per heavy atom. The number of hydrogen-bond acceptors (Lipinski definition) is 2. The van der Waals surface area contributed by atoms with Gasteiger partial charge in [0.2, 0.25) is 0 Å². The number of fused-ring (bicyclic) bond motifs is 2. The molecule has 0 fully saturated rings. The molecular weight excluding hydrogens is 208 g/mol. The van der Waals surface area contributed by atoms with E-state index in [4.69, 9.17) is 5.73 Å². The molecule has 1 aromatic rings. The zero-order chi connectivity index (χ0) is 11.7. The predicted molar refractivity (Wildman–Crippen MR) is 71.2 cm³/mol. The fourth-order valence-electron chi connectivity index (χ4n) is 2.45. The summed E-state index contributed by atoms with van der Waals surface area (Å²) in [5.74, 6) is 0. The van der Waals surface area contributed by atoms with Gasteiger partial charge in [-0.05, 0) is 35.3 Å². The van der Waals surface area contributed by atoms with Crippen molar-refractivity contribution < 1.29 is 0 Å². The summed E-state index contributed by atoms with van der Waals surface area (Å²) in [6.45, 7) is 0.610. The summed E-state index contributed by atoms with van der Waals surface area (Å²) in [4.78, 5) is 0. The lowest BCUT2D eigenvalue weighted by Gasteiger charge is -2.21. The first-order valence-corrected chi connectivity index (χ1v) is 6.02. The van der Waals surface area contributed by atoms with Crippen molar-refractivity contribution in [2.24, 2.45) is 5.73 Å². The van der Waals surface area contributed by atoms with Gasteiger partial charge < -0.3 is 11.1 Å². The van der Waals surface area contributed by atoms with Gasteiger partial charge in [-0.15, -0.1) is 0 Å². The van der Waals surface area contributed by atoms with Gasteiger partial charge in [0, 0.05) is 12.2 Å². The molecule has 0 saturated heterocycles. The molecule has 2 heteroatoms. The molecule has 0 amide bonds. The summed E-state index contributed by atoms with van der Waals surface area (Å²) in [5, 5.41) is 3.54. The molecule has 2 nitrogen and oxygen atoms in total. The van der Waals surface area contributed by atoms with Crippen molar-refractivity contribution in [3.8, 4) is 0 Å². The summed E-state index contributed by atoms with van der Waals surface area (Å²) < 4.78 is 0. The van der Waals surface area contributed by atoms with Crippen LogP contribution in [-0.4, -0.2) is 6.54 Å². The van der Waals surface area contributed by atoms with Crippen LogP contribution >= 0.6 is 0 Å². The Balaban J connectivity index is 2.13. The molecular formula is C15H16N2. The molecule has 1 aliphatic heterocycles. The van der Waals surface area contributed by atoms with Crippen molar-refractivity contribution in [2.75, 3.05) is 6.54 Å². The molecule has 86 valence electrons. The van der Waals surface area contributed by atoms with E-state index in [0.717, 1.165) is 6.42 Å². The maximum absolute atomic E-state index is 5.88. The monoisotopic (exact) mass is 224 g/mol. The van der Waals surface area contributed by atoms with Crippen LogP contribution in [0.25, 0.3) is 6.08 Å². The fraction of sp³-hybridized carbons (Fsp3) is 0.200. The molecule has 0 spiro atoms. The summed E-state index contributed by atoms with van der Waals surface area (Å²) in [5.41, 5.74) is 11.0. The average Bonchev–Trinajstić information content (AvgIpc) is 2.54. The Morgan fingerprint density at radius 2 is 2.18 bits per heavy atom. The molecule has 1 aromatic carbocycles. The molecule has 0 saturated carbocycles. The third-order valence-electron chi connectivity index (χ3n) is 3.35. The van der Waals surface area contributed by atoms with Crippen LogP contribution < -0.4 is 11.1 Å². The third kappa shape index (κ3) is 1.81. The first kappa shape index (κ1) is 10.4. The molecule has 2 aliphatic rings. The standard InChI is InChI=1S/C15H16N2/c16-10-15-13-7-3-1-5-11(13)9-12-6-2-4-8-14(12)17-15/h1-5,7-9,15,17H,6,10,16H2. The molecule has 0 bridgehead atoms. The Labute approximate surface area is 102 Å². The van der Waals surface area contributed by atoms with Crippen LogP contribution in [0.3, 0.4) is 0 Å². The third-order valence-corrected chi connectivity index (χ3v) is 3.35. The normalized spacial score (nSPS) is 21.6. The average molecular weight is 224 g/mol. The molecule has 1 atom stereocenters. The molecule has 3 rings (SSSR count). The van der Waals surface area contributed by atoms with E-state index in [9.17, 15) is 0 Å². The molecule has 1 heterocycles. The highest BCUT2D eigenvalue weighted by molar-refractivity contribution is 5.65. The first-order chi connectivity index (χ1) is 8.38. The van der Waals surface area contributed by atoms with E-state index >= 15 is 0 Å². The van der Waals surface area contributed by atoms with Crippen LogP contribution in [0.15, 0.2) is 53.8 Å². The van der Waals surface area contributed by atoms with Crippen molar-refractivity contribution in [3.05, 3.63) is 64.9 Å². The minimum Gasteiger partial charge on any atom is -0.377 e. The number of benzene rings is 1. The minimum absolute atomic E-state index is 0.206. The molecule has 1 unspecified atom stereocenters. The summed E-state index contributed by atoms with van der Waals surface area (Å²) in [6.07, 6.45) is 9.67. The van der Waals surface area contributed by atoms with Gasteiger partial charge in [0.15, 0.2) is 0 Å². The summed E-state index contributed by atoms with van der Waals surface area (Å²) in [6, 6.07) is 8.67. The molecule has 17 heavy (non-hydrogen) atoms. The molecule has 3 N–H and O–H groups in total. The van der Waals surface area contributed by atoms with Crippen LogP contribution in [0.2, 0.25) is 0 Å². The smallest absolute Gasteiger partial charge is 0.0642 e. The number of nitrogens with one attached hydrogen (secondary N) is 1. The Kier molecular flexibility index (Phi) is 2.57. The van der Waals surface area contributed by atoms with Gasteiger partial charge >= 0.3 is 0 Å². The van der Waals surface area contributed by atoms with Crippen molar-refractivity contribution in [1.29, 1.82) is 0 Å². The summed E-state index contributed by atoms with van der Waals surface area (Å²) in [7, 11) is 0. The lowest BCUT2D eigenvalue weighted by Crippen LogP contribution is -2.28. The van der Waals surface area contributed by atoms with Crippen molar-refractivity contribution in [3.63, 3.8) is 0 Å². The second kappa shape index (κ2) is 4.22. The van der Waals surface area contributed by atoms with E-state index in [2.05, 4.69) is 53.9 Å². The highest BCUT2D eigenvalue weighted by atomic mass is 15.0. The Bertz CT molecular complexity index is 523. The highest BCUT2D eigenvalue weighted by Gasteiger charge is 2.19. The predicted octanol–water partition coefficient (Wildman–Crippen LogP) is 2.52. The first-order valence-electron chi connectivity index (χ1n) is 6.02. The maximum Gasteiger partial charge on any atom is 0.0642 e. The number of allylic oxidation sites excluding steroid dienone is 4. The number of nitrogens with two attached hydrogens (primary N) is 1. The van der Waals surface area contributed by atoms with Gasteiger partial charge in [0.1, 0.15) is 0 Å². The van der Waals surface area contributed by atoms with Crippen molar-refractivity contribution in [1.82, 2.24) is 5.32 Å². The molecule has 1 aliphatic carbocycles. The minimum atomic E-state index is 0.206. The van der Waals surface area contributed by atoms with Crippen molar-refractivity contribution >= 4 is 6.08 Å². The topological polar surface area (TPSA) is 38.0 Å². The highest BCUT2D eigenvalue weighted by Crippen LogP contribution is 2.30. The second-order valence-electron chi connectivity index (χ2n) is 4.44. The van der Waals surface area contributed by atoms with Gasteiger partial charge in [-0.1, -0.05) is 36.4 Å². The van der Waals surface area contributed by atoms with Crippen LogP contribution in [0.5, 0.6) is 0 Å². The van der Waals surface area contributed by atoms with E-state index in [-0.39, 0.29) is 6.04 Å². The lowest BCUT2D eigenvalue weighted by molar-refractivity contribution is 0.613. The Hall–Kier alpha value is -1.80. The van der Waals surface area contributed by atoms with Gasteiger partial charge in [-0.2, -0.15) is 0 Å². The van der Waals surface area contributed by atoms with E-state index in [0.29, 0.717) is 6.54 Å². The maximum atomic E-state index is 5.88. The van der Waals surface area contributed by atoms with E-state index in [1.807, 2.05) is 0 Å². The Morgan fingerprint density at radius 3 is 3.06 bits per heavy atom.